The van der Waals surface area contributed by atoms with Crippen LogP contribution in [0.1, 0.15) is 16.8 Å². The Kier molecular flexibility index (Phi) is 9.52. The van der Waals surface area contributed by atoms with Crippen LogP contribution in [0.15, 0.2) is 53.9 Å². The number of morpholine rings is 1. The normalized spacial score (nSPS) is 13.9. The van der Waals surface area contributed by atoms with E-state index in [-0.39, 0.29) is 18.3 Å². The van der Waals surface area contributed by atoms with E-state index in [1.165, 1.54) is 11.3 Å². The lowest BCUT2D eigenvalue weighted by Gasteiger charge is -2.27. The van der Waals surface area contributed by atoms with Crippen LogP contribution in [-0.2, 0) is 4.74 Å². The summed E-state index contributed by atoms with van der Waals surface area (Å²) in [6.45, 7) is 4.92. The highest BCUT2D eigenvalue weighted by Crippen LogP contribution is 2.29. The summed E-state index contributed by atoms with van der Waals surface area (Å²) in [7, 11) is 1.61. The Morgan fingerprint density at radius 2 is 1.85 bits per heavy atom. The second kappa shape index (κ2) is 12.3. The first-order valence-corrected chi connectivity index (χ1v) is 11.9. The number of methoxy groups -OCH3 is 1. The molecule has 6 nitrogen and oxygen atoms in total. The van der Waals surface area contributed by atoms with Crippen LogP contribution < -0.4 is 9.64 Å². The summed E-state index contributed by atoms with van der Waals surface area (Å²) in [6.07, 6.45) is 0.859. The molecule has 2 heterocycles. The van der Waals surface area contributed by atoms with Gasteiger partial charge in [0.15, 0.2) is 5.13 Å². The van der Waals surface area contributed by atoms with Crippen LogP contribution in [0.25, 0.3) is 11.3 Å². The fraction of sp³-hybridized carbons (Fsp3) is 0.333. The van der Waals surface area contributed by atoms with E-state index in [9.17, 15) is 4.79 Å². The van der Waals surface area contributed by atoms with Gasteiger partial charge in [0.1, 0.15) is 5.75 Å². The van der Waals surface area contributed by atoms with Gasteiger partial charge in [-0.2, -0.15) is 0 Å². The average molecular weight is 508 g/mol. The Labute approximate surface area is 209 Å². The number of anilines is 1. The van der Waals surface area contributed by atoms with Crippen LogP contribution in [0.5, 0.6) is 5.75 Å². The third kappa shape index (κ3) is 6.68. The molecule has 1 saturated heterocycles. The predicted molar refractivity (Wildman–Crippen MR) is 136 cm³/mol. The van der Waals surface area contributed by atoms with Crippen molar-refractivity contribution < 1.29 is 14.3 Å². The lowest BCUT2D eigenvalue weighted by molar-refractivity contribution is 0.0376. The Balaban J connectivity index is 0.00000306. The molecule has 1 fully saturated rings. The van der Waals surface area contributed by atoms with Crippen LogP contribution in [0.2, 0.25) is 5.02 Å². The third-order valence-corrected chi connectivity index (χ3v) is 6.52. The van der Waals surface area contributed by atoms with E-state index in [0.29, 0.717) is 22.3 Å². The molecule has 0 bridgehead atoms. The number of amides is 1. The Bertz CT molecular complexity index is 1020. The zero-order chi connectivity index (χ0) is 22.3. The number of carbonyl (C=O) groups is 1. The van der Waals surface area contributed by atoms with Crippen LogP contribution in [-0.4, -0.2) is 62.3 Å². The number of hydrogen-bond acceptors (Lipinski definition) is 6. The summed E-state index contributed by atoms with van der Waals surface area (Å²) < 4.78 is 10.7. The van der Waals surface area contributed by atoms with Crippen molar-refractivity contribution in [3.8, 4) is 17.0 Å². The maximum Gasteiger partial charge on any atom is 0.260 e. The number of ether oxygens (including phenoxy) is 2. The summed E-state index contributed by atoms with van der Waals surface area (Å²) in [4.78, 5) is 22.4. The zero-order valence-corrected chi connectivity index (χ0v) is 20.8. The lowest BCUT2D eigenvalue weighted by Crippen LogP contribution is -2.39. The van der Waals surface area contributed by atoms with Crippen LogP contribution in [0.4, 0.5) is 5.13 Å². The second-order valence-corrected chi connectivity index (χ2v) is 8.79. The number of hydrogen-bond donors (Lipinski definition) is 0. The quantitative estimate of drug-likeness (QED) is 0.416. The minimum absolute atomic E-state index is 0. The van der Waals surface area contributed by atoms with Crippen molar-refractivity contribution in [2.45, 2.75) is 6.42 Å². The highest BCUT2D eigenvalue weighted by Gasteiger charge is 2.22. The monoisotopic (exact) mass is 507 g/mol. The molecule has 1 amide bonds. The van der Waals surface area contributed by atoms with Crippen molar-refractivity contribution in [2.24, 2.45) is 0 Å². The van der Waals surface area contributed by atoms with Gasteiger partial charge >= 0.3 is 0 Å². The number of benzene rings is 2. The molecule has 0 aliphatic carbocycles. The van der Waals surface area contributed by atoms with Crippen molar-refractivity contribution in [2.75, 3.05) is 51.4 Å². The van der Waals surface area contributed by atoms with E-state index in [2.05, 4.69) is 4.90 Å². The van der Waals surface area contributed by atoms with Gasteiger partial charge in [0.2, 0.25) is 0 Å². The number of halogens is 2. The number of rotatable bonds is 8. The van der Waals surface area contributed by atoms with Crippen molar-refractivity contribution in [3.05, 3.63) is 64.5 Å². The Morgan fingerprint density at radius 1 is 1.15 bits per heavy atom. The molecule has 0 spiro atoms. The summed E-state index contributed by atoms with van der Waals surface area (Å²) >= 11 is 7.49. The number of aromatic nitrogens is 1. The van der Waals surface area contributed by atoms with Gasteiger partial charge in [-0.25, -0.2) is 4.98 Å². The van der Waals surface area contributed by atoms with Crippen LogP contribution in [0.3, 0.4) is 0 Å². The molecule has 1 aliphatic heterocycles. The van der Waals surface area contributed by atoms with E-state index in [1.807, 2.05) is 29.6 Å². The second-order valence-electron chi connectivity index (χ2n) is 7.52. The van der Waals surface area contributed by atoms with Crippen molar-refractivity contribution >= 4 is 46.4 Å². The van der Waals surface area contributed by atoms with Crippen molar-refractivity contribution in [1.29, 1.82) is 0 Å². The highest BCUT2D eigenvalue weighted by molar-refractivity contribution is 7.14. The van der Waals surface area contributed by atoms with E-state index in [4.69, 9.17) is 26.1 Å². The molecule has 33 heavy (non-hydrogen) atoms. The molecule has 2 aromatic carbocycles. The summed E-state index contributed by atoms with van der Waals surface area (Å²) in [6, 6.07) is 14.8. The van der Waals surface area contributed by atoms with Gasteiger partial charge in [-0.15, -0.1) is 23.7 Å². The number of nitrogens with zero attached hydrogens (tertiary/aromatic N) is 3. The Morgan fingerprint density at radius 3 is 2.52 bits per heavy atom. The maximum absolute atomic E-state index is 13.4. The van der Waals surface area contributed by atoms with Gasteiger partial charge in [-0.3, -0.25) is 14.6 Å². The molecule has 0 N–H and O–H groups in total. The molecule has 176 valence electrons. The summed E-state index contributed by atoms with van der Waals surface area (Å²) in [5.74, 6) is 0.659. The van der Waals surface area contributed by atoms with E-state index >= 15 is 0 Å². The van der Waals surface area contributed by atoms with Crippen LogP contribution in [0, 0.1) is 0 Å². The minimum Gasteiger partial charge on any atom is -0.497 e. The largest absolute Gasteiger partial charge is 0.497 e. The molecule has 1 aromatic heterocycles. The first kappa shape index (κ1) is 25.5. The molecular formula is C24H27Cl2N3O3S. The van der Waals surface area contributed by atoms with Crippen molar-refractivity contribution in [1.82, 2.24) is 9.88 Å². The Hall–Kier alpha value is -2.16. The van der Waals surface area contributed by atoms with Gasteiger partial charge in [0.25, 0.3) is 5.91 Å². The van der Waals surface area contributed by atoms with E-state index in [1.54, 1.807) is 36.3 Å². The molecule has 1 aliphatic rings. The van der Waals surface area contributed by atoms with E-state index < -0.39 is 0 Å². The molecular weight excluding hydrogens is 481 g/mol. The van der Waals surface area contributed by atoms with Gasteiger partial charge in [-0.1, -0.05) is 23.7 Å². The predicted octanol–water partition coefficient (Wildman–Crippen LogP) is 5.26. The summed E-state index contributed by atoms with van der Waals surface area (Å²) in [5.41, 5.74) is 2.42. The molecule has 4 rings (SSSR count). The van der Waals surface area contributed by atoms with Gasteiger partial charge < -0.3 is 9.47 Å². The average Bonchev–Trinajstić information content (AvgIpc) is 3.32. The SMILES string of the molecule is COc1ccc(C(=O)N(CCCN2CCOCC2)c2nc(-c3ccc(Cl)cc3)cs2)cc1.Cl. The topological polar surface area (TPSA) is 54.9 Å². The fourth-order valence-electron chi connectivity index (χ4n) is 3.59. The third-order valence-electron chi connectivity index (χ3n) is 5.40. The first-order valence-electron chi connectivity index (χ1n) is 10.6. The molecule has 3 aromatic rings. The van der Waals surface area contributed by atoms with Gasteiger partial charge in [0.05, 0.1) is 26.0 Å². The molecule has 0 unspecified atom stereocenters. The first-order chi connectivity index (χ1) is 15.6. The van der Waals surface area contributed by atoms with Crippen LogP contribution >= 0.6 is 35.3 Å². The van der Waals surface area contributed by atoms with Crippen molar-refractivity contribution in [3.63, 3.8) is 0 Å². The zero-order valence-electron chi connectivity index (χ0n) is 18.4. The van der Waals surface area contributed by atoms with E-state index in [0.717, 1.165) is 56.3 Å². The smallest absolute Gasteiger partial charge is 0.260 e. The molecule has 0 saturated carbocycles. The number of carbonyl (C=O) groups excluding carboxylic acids is 1. The lowest BCUT2D eigenvalue weighted by atomic mass is 10.2. The number of thiazole rings is 1. The van der Waals surface area contributed by atoms with Gasteiger partial charge in [0, 0.05) is 47.7 Å². The maximum atomic E-state index is 13.4. The highest BCUT2D eigenvalue weighted by atomic mass is 35.5. The van der Waals surface area contributed by atoms with Gasteiger partial charge in [-0.05, 0) is 42.8 Å². The molecule has 0 atom stereocenters. The fourth-order valence-corrected chi connectivity index (χ4v) is 4.58. The summed E-state index contributed by atoms with van der Waals surface area (Å²) in [5, 5.41) is 3.36. The standard InChI is InChI=1S/C24H26ClN3O3S.ClH/c1-30-21-9-5-19(6-10-21)23(29)28(12-2-11-27-13-15-31-16-14-27)24-26-22(17-32-24)18-3-7-20(25)8-4-18;/h3-10,17H,2,11-16H2,1H3;1H. The molecule has 9 heteroatoms. The molecule has 0 radical (unpaired) electrons. The minimum atomic E-state index is -0.0633.